The molecule has 9 heteroatoms. The van der Waals surface area contributed by atoms with Crippen LogP contribution in [0.25, 0.3) is 11.0 Å². The minimum Gasteiger partial charge on any atom is -0.341 e. The topological polar surface area (TPSA) is 88.8 Å². The lowest BCUT2D eigenvalue weighted by molar-refractivity contribution is -0.132. The van der Waals surface area contributed by atoms with E-state index in [9.17, 15) is 4.79 Å². The number of carbonyl (C=O) groups excluding carboxylic acids is 1. The number of para-hydroxylation sites is 2. The summed E-state index contributed by atoms with van der Waals surface area (Å²) in [5, 5.41) is 4.07. The molecule has 0 atom stereocenters. The first kappa shape index (κ1) is 23.4. The summed E-state index contributed by atoms with van der Waals surface area (Å²) in [5.41, 5.74) is 2.95. The van der Waals surface area contributed by atoms with Crippen LogP contribution in [0, 0.1) is 12.8 Å². The molecule has 1 aliphatic heterocycles. The van der Waals surface area contributed by atoms with Crippen LogP contribution in [0.3, 0.4) is 0 Å². The average Bonchev–Trinajstić information content (AvgIpc) is 3.41. The Hall–Kier alpha value is -3.33. The summed E-state index contributed by atoms with van der Waals surface area (Å²) in [7, 11) is 0. The van der Waals surface area contributed by atoms with Gasteiger partial charge in [0.25, 0.3) is 0 Å². The number of hydrogen-bond acceptors (Lipinski definition) is 7. The molecule has 8 nitrogen and oxygen atoms in total. The van der Waals surface area contributed by atoms with E-state index in [-0.39, 0.29) is 11.8 Å². The van der Waals surface area contributed by atoms with Gasteiger partial charge >= 0.3 is 0 Å². The van der Waals surface area contributed by atoms with Gasteiger partial charge in [-0.1, -0.05) is 26.0 Å². The highest BCUT2D eigenvalue weighted by atomic mass is 32.1. The van der Waals surface area contributed by atoms with E-state index in [2.05, 4.69) is 39.8 Å². The number of aromatic nitrogens is 5. The first-order valence-corrected chi connectivity index (χ1v) is 13.0. The molecule has 1 amide bonds. The maximum absolute atomic E-state index is 13.3. The summed E-state index contributed by atoms with van der Waals surface area (Å²) in [6.45, 7) is 8.17. The molecule has 3 aromatic heterocycles. The molecule has 4 heterocycles. The number of hydrogen-bond donors (Lipinski definition) is 1. The van der Waals surface area contributed by atoms with E-state index < -0.39 is 0 Å². The van der Waals surface area contributed by atoms with Crippen LogP contribution in [0.5, 0.6) is 0 Å². The van der Waals surface area contributed by atoms with Crippen LogP contribution in [0.4, 0.5) is 10.9 Å². The number of nitrogens with one attached hydrogen (secondary N) is 1. The van der Waals surface area contributed by atoms with Crippen molar-refractivity contribution in [2.45, 2.75) is 52.5 Å². The van der Waals surface area contributed by atoms with E-state index in [1.165, 1.54) is 0 Å². The normalized spacial score (nSPS) is 14.7. The number of imidazole rings is 1. The number of likely N-dealkylation sites (tertiary alicyclic amines) is 1. The van der Waals surface area contributed by atoms with E-state index in [4.69, 9.17) is 9.97 Å². The van der Waals surface area contributed by atoms with Crippen molar-refractivity contribution in [2.24, 2.45) is 5.92 Å². The molecule has 0 aliphatic carbocycles. The number of thiazole rings is 1. The third-order valence-corrected chi connectivity index (χ3v) is 7.22. The van der Waals surface area contributed by atoms with Gasteiger partial charge in [-0.05, 0) is 37.8 Å². The molecule has 1 N–H and O–H groups in total. The fourth-order valence-corrected chi connectivity index (χ4v) is 5.31. The van der Waals surface area contributed by atoms with Crippen LogP contribution < -0.4 is 5.32 Å². The molecule has 1 aliphatic rings. The minimum atomic E-state index is 0.150. The zero-order valence-electron chi connectivity index (χ0n) is 20.4. The van der Waals surface area contributed by atoms with Gasteiger partial charge < -0.3 is 14.8 Å². The molecule has 1 fully saturated rings. The second kappa shape index (κ2) is 10.1. The van der Waals surface area contributed by atoms with Gasteiger partial charge in [0.15, 0.2) is 10.9 Å². The highest BCUT2D eigenvalue weighted by Gasteiger charge is 2.26. The minimum absolute atomic E-state index is 0.150. The Morgan fingerprint density at radius 1 is 1.14 bits per heavy atom. The molecule has 0 saturated carbocycles. The molecule has 0 radical (unpaired) electrons. The zero-order chi connectivity index (χ0) is 24.4. The Labute approximate surface area is 209 Å². The molecule has 1 aromatic carbocycles. The Balaban J connectivity index is 1.23. The van der Waals surface area contributed by atoms with Crippen molar-refractivity contribution in [1.82, 2.24) is 29.4 Å². The van der Waals surface area contributed by atoms with E-state index in [0.29, 0.717) is 18.3 Å². The maximum Gasteiger partial charge on any atom is 0.242 e. The number of rotatable bonds is 7. The molecule has 5 rings (SSSR count). The predicted octanol–water partition coefficient (Wildman–Crippen LogP) is 4.94. The van der Waals surface area contributed by atoms with Gasteiger partial charge in [0.1, 0.15) is 12.4 Å². The molecule has 1 saturated heterocycles. The molecule has 0 spiro atoms. The van der Waals surface area contributed by atoms with Gasteiger partial charge in [-0.3, -0.25) is 9.78 Å². The van der Waals surface area contributed by atoms with Crippen LogP contribution in [0.2, 0.25) is 0 Å². The third-order valence-electron chi connectivity index (χ3n) is 6.39. The standard InChI is InChI=1S/C26H31N7OS/c1-17(2)12-24-30-20-6-4-5-7-22(20)33(24)16-25(34)32-10-8-19(9-11-32)21-14-27-15-23(29-21)31-26-28-13-18(3)35-26/h4-7,13-15,17,19H,8-12,16H2,1-3H3,(H,28,29,31). The van der Waals surface area contributed by atoms with E-state index in [0.717, 1.165) is 64.9 Å². The lowest BCUT2D eigenvalue weighted by Gasteiger charge is -2.32. The molecular formula is C26H31N7OS. The van der Waals surface area contributed by atoms with E-state index in [1.54, 1.807) is 17.5 Å². The fourth-order valence-electron chi connectivity index (χ4n) is 4.64. The fraction of sp³-hybridized carbons (Fsp3) is 0.423. The monoisotopic (exact) mass is 489 g/mol. The second-order valence-electron chi connectivity index (χ2n) is 9.59. The van der Waals surface area contributed by atoms with E-state index >= 15 is 0 Å². The number of amides is 1. The number of fused-ring (bicyclic) bond motifs is 1. The molecule has 0 bridgehead atoms. The summed E-state index contributed by atoms with van der Waals surface area (Å²) in [4.78, 5) is 34.7. The molecule has 4 aromatic rings. The molecule has 182 valence electrons. The van der Waals surface area contributed by atoms with Crippen LogP contribution in [0.15, 0.2) is 42.9 Å². The smallest absolute Gasteiger partial charge is 0.242 e. The first-order chi connectivity index (χ1) is 17.0. The third kappa shape index (κ3) is 5.35. The highest BCUT2D eigenvalue weighted by molar-refractivity contribution is 7.15. The first-order valence-electron chi connectivity index (χ1n) is 12.2. The van der Waals surface area contributed by atoms with Crippen LogP contribution >= 0.6 is 11.3 Å². The number of benzene rings is 1. The number of piperidine rings is 1. The Morgan fingerprint density at radius 3 is 2.69 bits per heavy atom. The lowest BCUT2D eigenvalue weighted by atomic mass is 9.93. The Kier molecular flexibility index (Phi) is 6.77. The number of nitrogens with zero attached hydrogens (tertiary/aromatic N) is 6. The summed E-state index contributed by atoms with van der Waals surface area (Å²) >= 11 is 1.59. The lowest BCUT2D eigenvalue weighted by Crippen LogP contribution is -2.40. The second-order valence-corrected chi connectivity index (χ2v) is 10.8. The maximum atomic E-state index is 13.3. The number of carbonyl (C=O) groups is 1. The van der Waals surface area contributed by atoms with Gasteiger partial charge in [-0.2, -0.15) is 0 Å². The van der Waals surface area contributed by atoms with Gasteiger partial charge in [-0.15, -0.1) is 11.3 Å². The van der Waals surface area contributed by atoms with Gasteiger partial charge in [-0.25, -0.2) is 15.0 Å². The molecule has 0 unspecified atom stereocenters. The molecule has 35 heavy (non-hydrogen) atoms. The van der Waals surface area contributed by atoms with Crippen molar-refractivity contribution < 1.29 is 4.79 Å². The Morgan fingerprint density at radius 2 is 1.94 bits per heavy atom. The van der Waals surface area contributed by atoms with Crippen LogP contribution in [-0.4, -0.2) is 48.4 Å². The van der Waals surface area contributed by atoms with Crippen molar-refractivity contribution in [2.75, 3.05) is 18.4 Å². The average molecular weight is 490 g/mol. The SMILES string of the molecule is Cc1cnc(Nc2cncc(C3CCN(C(=O)Cn4c(CC(C)C)nc5ccccc54)CC3)n2)s1. The largest absolute Gasteiger partial charge is 0.341 e. The van der Waals surface area contributed by atoms with Crippen molar-refractivity contribution in [1.29, 1.82) is 0 Å². The van der Waals surface area contributed by atoms with Crippen molar-refractivity contribution >= 4 is 39.2 Å². The van der Waals surface area contributed by atoms with Crippen LogP contribution in [0.1, 0.15) is 49.0 Å². The number of anilines is 2. The Bertz CT molecular complexity index is 1320. The zero-order valence-corrected chi connectivity index (χ0v) is 21.3. The summed E-state index contributed by atoms with van der Waals surface area (Å²) in [5.74, 6) is 2.61. The predicted molar refractivity (Wildman–Crippen MR) is 139 cm³/mol. The van der Waals surface area contributed by atoms with Gasteiger partial charge in [0.2, 0.25) is 5.91 Å². The quantitative estimate of drug-likeness (QED) is 0.396. The summed E-state index contributed by atoms with van der Waals surface area (Å²) in [6, 6.07) is 8.08. The highest BCUT2D eigenvalue weighted by Crippen LogP contribution is 2.28. The van der Waals surface area contributed by atoms with Crippen molar-refractivity contribution in [3.05, 3.63) is 59.3 Å². The van der Waals surface area contributed by atoms with E-state index in [1.807, 2.05) is 42.4 Å². The number of aryl methyl sites for hydroxylation is 1. The summed E-state index contributed by atoms with van der Waals surface area (Å²) < 4.78 is 2.10. The molecular weight excluding hydrogens is 458 g/mol. The van der Waals surface area contributed by atoms with Crippen molar-refractivity contribution in [3.63, 3.8) is 0 Å². The van der Waals surface area contributed by atoms with Crippen molar-refractivity contribution in [3.8, 4) is 0 Å². The van der Waals surface area contributed by atoms with Gasteiger partial charge in [0, 0.05) is 42.7 Å². The van der Waals surface area contributed by atoms with Crippen LogP contribution in [-0.2, 0) is 17.8 Å². The van der Waals surface area contributed by atoms with Gasteiger partial charge in [0.05, 0.1) is 22.9 Å². The summed E-state index contributed by atoms with van der Waals surface area (Å²) in [6.07, 6.45) is 8.02.